The molecule has 0 saturated carbocycles. The van der Waals surface area contributed by atoms with Gasteiger partial charge in [-0.3, -0.25) is 4.79 Å². The van der Waals surface area contributed by atoms with E-state index in [1.54, 1.807) is 14.0 Å². The van der Waals surface area contributed by atoms with Gasteiger partial charge >= 0.3 is 5.97 Å². The third-order valence-electron chi connectivity index (χ3n) is 8.41. The molecule has 1 fully saturated rings. The van der Waals surface area contributed by atoms with Crippen molar-refractivity contribution in [3.05, 3.63) is 29.8 Å². The van der Waals surface area contributed by atoms with E-state index in [4.69, 9.17) is 32.8 Å². The van der Waals surface area contributed by atoms with Crippen LogP contribution in [0.5, 0.6) is 5.75 Å². The van der Waals surface area contributed by atoms with Crippen molar-refractivity contribution < 1.29 is 42.4 Å². The number of rotatable bonds is 18. The summed E-state index contributed by atoms with van der Waals surface area (Å²) in [5, 5.41) is -0.0930. The van der Waals surface area contributed by atoms with E-state index < -0.39 is 43.9 Å². The molecule has 10 heteroatoms. The van der Waals surface area contributed by atoms with Crippen LogP contribution in [0.2, 0.25) is 18.1 Å². The van der Waals surface area contributed by atoms with E-state index in [9.17, 15) is 9.59 Å². The lowest BCUT2D eigenvalue weighted by Crippen LogP contribution is -2.55. The lowest BCUT2D eigenvalue weighted by Gasteiger charge is -2.45. The molecule has 0 unspecified atom stereocenters. The predicted molar refractivity (Wildman–Crippen MR) is 159 cm³/mol. The second kappa shape index (κ2) is 15.1. The highest BCUT2D eigenvalue weighted by Crippen LogP contribution is 2.51. The van der Waals surface area contributed by atoms with Gasteiger partial charge in [0.15, 0.2) is 8.32 Å². The highest BCUT2D eigenvalue weighted by molar-refractivity contribution is 6.74. The number of carbonyl (C=O) groups excluding carboxylic acids is 2. The summed E-state index contributed by atoms with van der Waals surface area (Å²) in [6.45, 7) is 19.2. The smallest absolute Gasteiger partial charge is 0.302 e. The molecule has 7 atom stereocenters. The number of epoxide rings is 1. The lowest BCUT2D eigenvalue weighted by molar-refractivity contribution is -0.161. The van der Waals surface area contributed by atoms with E-state index in [1.165, 1.54) is 14.0 Å². The fourth-order valence-corrected chi connectivity index (χ4v) is 6.30. The second-order valence-corrected chi connectivity index (χ2v) is 17.6. The van der Waals surface area contributed by atoms with Gasteiger partial charge in [0.2, 0.25) is 0 Å². The first kappa shape index (κ1) is 35.4. The Morgan fingerprint density at radius 2 is 1.76 bits per heavy atom. The molecule has 0 aromatic heterocycles. The zero-order chi connectivity index (χ0) is 31.0. The van der Waals surface area contributed by atoms with Crippen LogP contribution in [-0.4, -0.2) is 78.7 Å². The Morgan fingerprint density at radius 3 is 2.27 bits per heavy atom. The van der Waals surface area contributed by atoms with Gasteiger partial charge < -0.3 is 37.6 Å². The first-order chi connectivity index (χ1) is 19.1. The summed E-state index contributed by atoms with van der Waals surface area (Å²) >= 11 is 0. The Balaban J connectivity index is 2.34. The van der Waals surface area contributed by atoms with Crippen molar-refractivity contribution in [1.29, 1.82) is 0 Å². The van der Waals surface area contributed by atoms with Gasteiger partial charge in [-0.15, -0.1) is 0 Å². The fourth-order valence-electron chi connectivity index (χ4n) is 4.90. The van der Waals surface area contributed by atoms with Crippen molar-refractivity contribution in [2.75, 3.05) is 34.2 Å². The molecule has 1 aromatic carbocycles. The van der Waals surface area contributed by atoms with Crippen LogP contribution < -0.4 is 4.74 Å². The van der Waals surface area contributed by atoms with Crippen molar-refractivity contribution >= 4 is 20.6 Å². The molecule has 1 heterocycles. The van der Waals surface area contributed by atoms with Crippen LogP contribution in [-0.2, 0) is 44.3 Å². The molecule has 0 aliphatic carbocycles. The highest BCUT2D eigenvalue weighted by Gasteiger charge is 2.64. The summed E-state index contributed by atoms with van der Waals surface area (Å²) in [7, 11) is 0.815. The molecular formula is C31H52O9Si. The van der Waals surface area contributed by atoms with Gasteiger partial charge in [0, 0.05) is 31.8 Å². The average molecular weight is 597 g/mol. The van der Waals surface area contributed by atoms with Crippen LogP contribution in [0, 0.1) is 17.8 Å². The Hall–Kier alpha value is -1.82. The summed E-state index contributed by atoms with van der Waals surface area (Å²) in [6.07, 6.45) is -0.443. The van der Waals surface area contributed by atoms with Gasteiger partial charge in [-0.2, -0.15) is 0 Å². The normalized spacial score (nSPS) is 22.8. The molecule has 0 spiro atoms. The third-order valence-corrected chi connectivity index (χ3v) is 12.9. The number of aldehydes is 1. The maximum absolute atomic E-state index is 12.0. The number of benzene rings is 1. The van der Waals surface area contributed by atoms with Gasteiger partial charge in [-0.05, 0) is 42.8 Å². The molecule has 0 amide bonds. The molecule has 0 radical (unpaired) electrons. The van der Waals surface area contributed by atoms with Crippen LogP contribution in [0.15, 0.2) is 24.3 Å². The van der Waals surface area contributed by atoms with Crippen LogP contribution in [0.25, 0.3) is 0 Å². The minimum absolute atomic E-state index is 0.0111. The lowest BCUT2D eigenvalue weighted by atomic mass is 9.80. The number of carbonyl (C=O) groups is 2. The quantitative estimate of drug-likeness (QED) is 0.0725. The topological polar surface area (TPSA) is 102 Å². The fraction of sp³-hybridized carbons (Fsp3) is 0.742. The summed E-state index contributed by atoms with van der Waals surface area (Å²) in [4.78, 5) is 24.0. The van der Waals surface area contributed by atoms with Gasteiger partial charge in [0.05, 0.1) is 45.2 Å². The summed E-state index contributed by atoms with van der Waals surface area (Å²) in [5.74, 6) is -0.533. The summed E-state index contributed by atoms with van der Waals surface area (Å²) < 4.78 is 41.7. The summed E-state index contributed by atoms with van der Waals surface area (Å²) in [6, 6.07) is 7.80. The molecular weight excluding hydrogens is 544 g/mol. The van der Waals surface area contributed by atoms with Crippen molar-refractivity contribution in [2.45, 2.75) is 97.1 Å². The number of ether oxygens (including phenoxy) is 6. The van der Waals surface area contributed by atoms with Crippen LogP contribution >= 0.6 is 0 Å². The molecule has 1 aromatic rings. The number of hydrogen-bond acceptors (Lipinski definition) is 9. The number of hydrogen-bond donors (Lipinski definition) is 0. The van der Waals surface area contributed by atoms with Gasteiger partial charge in [-0.1, -0.05) is 46.8 Å². The minimum Gasteiger partial charge on any atom is -0.497 e. The SMILES string of the molecule is COCO[C@H]([C@H](COC(C)=O)[C@H](O[Si](C)(C)C(C)(C)C)[C@@]1(C)O[C@@H]1[C@@H](C)COCc1ccc(OC)cc1)[C@H](C)C=O. The van der Waals surface area contributed by atoms with Crippen LogP contribution in [0.3, 0.4) is 0 Å². The first-order valence-corrected chi connectivity index (χ1v) is 17.3. The van der Waals surface area contributed by atoms with Gasteiger partial charge in [0.25, 0.3) is 0 Å². The molecule has 0 N–H and O–H groups in total. The zero-order valence-corrected chi connectivity index (χ0v) is 27.9. The molecule has 9 nitrogen and oxygen atoms in total. The van der Waals surface area contributed by atoms with Crippen LogP contribution in [0.1, 0.15) is 54.0 Å². The molecule has 0 bridgehead atoms. The van der Waals surface area contributed by atoms with Gasteiger partial charge in [-0.25, -0.2) is 0 Å². The second-order valence-electron chi connectivity index (χ2n) is 12.9. The molecule has 1 saturated heterocycles. The predicted octanol–water partition coefficient (Wildman–Crippen LogP) is 5.40. The molecule has 1 aliphatic rings. The van der Waals surface area contributed by atoms with E-state index in [0.717, 1.165) is 17.6 Å². The monoisotopic (exact) mass is 596 g/mol. The van der Waals surface area contributed by atoms with E-state index >= 15 is 0 Å². The number of esters is 1. The Kier molecular flexibility index (Phi) is 13.0. The Morgan fingerprint density at radius 1 is 1.12 bits per heavy atom. The molecule has 1 aliphatic heterocycles. The molecule has 234 valence electrons. The Labute approximate surface area is 247 Å². The van der Waals surface area contributed by atoms with Gasteiger partial charge in [0.1, 0.15) is 24.4 Å². The first-order valence-electron chi connectivity index (χ1n) is 14.4. The van der Waals surface area contributed by atoms with E-state index in [1.807, 2.05) is 31.2 Å². The third kappa shape index (κ3) is 9.59. The average Bonchev–Trinajstić information content (AvgIpc) is 3.61. The standard InChI is InChI=1S/C31H52O9Si/c1-21(16-32)27(38-20-34-8)26(19-37-23(3)33)29(40-41(10,11)30(4,5)6)31(7)28(39-31)22(2)17-36-18-24-12-14-25(35-9)15-13-24/h12-16,21-22,26-29H,17-20H2,1-11H3/t21-,22+,26+,27+,28-,29+,31+/m1/s1. The van der Waals surface area contributed by atoms with Crippen molar-refractivity contribution in [1.82, 2.24) is 0 Å². The van der Waals surface area contributed by atoms with Crippen LogP contribution in [0.4, 0.5) is 0 Å². The van der Waals surface area contributed by atoms with E-state index in [-0.39, 0.29) is 30.5 Å². The molecule has 2 rings (SSSR count). The minimum atomic E-state index is -2.36. The maximum Gasteiger partial charge on any atom is 0.302 e. The Bertz CT molecular complexity index is 961. The highest BCUT2D eigenvalue weighted by atomic mass is 28.4. The van der Waals surface area contributed by atoms with Crippen molar-refractivity contribution in [2.24, 2.45) is 17.8 Å². The maximum atomic E-state index is 12.0. The zero-order valence-electron chi connectivity index (χ0n) is 26.9. The number of methoxy groups -OCH3 is 2. The summed E-state index contributed by atoms with van der Waals surface area (Å²) in [5.41, 5.74) is 0.347. The van der Waals surface area contributed by atoms with Crippen molar-refractivity contribution in [3.63, 3.8) is 0 Å². The van der Waals surface area contributed by atoms with E-state index in [0.29, 0.717) is 13.2 Å². The van der Waals surface area contributed by atoms with E-state index in [2.05, 4.69) is 40.8 Å². The largest absolute Gasteiger partial charge is 0.497 e. The van der Waals surface area contributed by atoms with Crippen molar-refractivity contribution in [3.8, 4) is 5.75 Å². The molecule has 41 heavy (non-hydrogen) atoms.